The van der Waals surface area contributed by atoms with Crippen molar-refractivity contribution in [1.29, 1.82) is 0 Å². The van der Waals surface area contributed by atoms with Crippen molar-refractivity contribution in [2.75, 3.05) is 13.7 Å². The van der Waals surface area contributed by atoms with Crippen LogP contribution >= 0.6 is 0 Å². The molecule has 11 heavy (non-hydrogen) atoms. The van der Waals surface area contributed by atoms with E-state index in [4.69, 9.17) is 4.74 Å². The average Bonchev–Trinajstić information content (AvgIpc) is 2.01. The van der Waals surface area contributed by atoms with E-state index >= 15 is 0 Å². The van der Waals surface area contributed by atoms with E-state index in [1.807, 2.05) is 6.92 Å². The van der Waals surface area contributed by atoms with Gasteiger partial charge in [0.1, 0.15) is 0 Å². The highest BCUT2D eigenvalue weighted by Gasteiger charge is 1.93. The summed E-state index contributed by atoms with van der Waals surface area (Å²) in [7, 11) is 1.48. The molecule has 0 aromatic carbocycles. The lowest BCUT2D eigenvalue weighted by Crippen LogP contribution is -2.01. The van der Waals surface area contributed by atoms with Crippen molar-refractivity contribution in [3.05, 3.63) is 12.3 Å². The van der Waals surface area contributed by atoms with E-state index in [-0.39, 0.29) is 5.97 Å². The summed E-state index contributed by atoms with van der Waals surface area (Å²) in [5, 5.41) is 0. The lowest BCUT2D eigenvalue weighted by molar-refractivity contribution is -0.137. The summed E-state index contributed by atoms with van der Waals surface area (Å²) >= 11 is 0. The standard InChI is InChI=1S/C8H14O3/c1-3-4-6-11-8(9)5-7-10-2/h5,7H,3-4,6H2,1-2H3. The van der Waals surface area contributed by atoms with Gasteiger partial charge in [-0.2, -0.15) is 0 Å². The molecule has 0 N–H and O–H groups in total. The van der Waals surface area contributed by atoms with Crippen LogP contribution in [-0.2, 0) is 14.3 Å². The van der Waals surface area contributed by atoms with Gasteiger partial charge in [0.2, 0.25) is 0 Å². The number of ether oxygens (including phenoxy) is 2. The third-order valence-electron chi connectivity index (χ3n) is 1.08. The van der Waals surface area contributed by atoms with Crippen molar-refractivity contribution < 1.29 is 14.3 Å². The predicted molar refractivity (Wildman–Crippen MR) is 42.0 cm³/mol. The maximum absolute atomic E-state index is 10.7. The van der Waals surface area contributed by atoms with E-state index in [2.05, 4.69) is 4.74 Å². The Kier molecular flexibility index (Phi) is 6.48. The largest absolute Gasteiger partial charge is 0.504 e. The third kappa shape index (κ3) is 6.90. The molecule has 0 bridgehead atoms. The Labute approximate surface area is 67.0 Å². The average molecular weight is 158 g/mol. The number of hydrogen-bond acceptors (Lipinski definition) is 3. The molecule has 0 aromatic rings. The lowest BCUT2D eigenvalue weighted by Gasteiger charge is -1.98. The molecule has 3 heteroatoms. The van der Waals surface area contributed by atoms with E-state index in [1.165, 1.54) is 19.4 Å². The first-order valence-electron chi connectivity index (χ1n) is 3.67. The summed E-state index contributed by atoms with van der Waals surface area (Å²) in [5.41, 5.74) is 0. The quantitative estimate of drug-likeness (QED) is 0.263. The second-order valence-electron chi connectivity index (χ2n) is 2.06. The number of rotatable bonds is 5. The fourth-order valence-electron chi connectivity index (χ4n) is 0.489. The Morgan fingerprint density at radius 2 is 2.27 bits per heavy atom. The summed E-state index contributed by atoms with van der Waals surface area (Å²) in [6.45, 7) is 2.53. The van der Waals surface area contributed by atoms with E-state index in [1.54, 1.807) is 0 Å². The van der Waals surface area contributed by atoms with E-state index in [0.29, 0.717) is 6.61 Å². The van der Waals surface area contributed by atoms with Gasteiger partial charge in [0.05, 0.1) is 26.1 Å². The number of esters is 1. The highest BCUT2D eigenvalue weighted by atomic mass is 16.5. The molecule has 0 aliphatic heterocycles. The summed E-state index contributed by atoms with van der Waals surface area (Å²) in [4.78, 5) is 10.7. The molecule has 0 fully saturated rings. The van der Waals surface area contributed by atoms with Crippen LogP contribution in [0.15, 0.2) is 12.3 Å². The minimum Gasteiger partial charge on any atom is -0.504 e. The molecule has 0 spiro atoms. The fourth-order valence-corrected chi connectivity index (χ4v) is 0.489. The number of carbonyl (C=O) groups is 1. The van der Waals surface area contributed by atoms with Crippen LogP contribution in [0, 0.1) is 0 Å². The van der Waals surface area contributed by atoms with Gasteiger partial charge in [-0.05, 0) is 6.42 Å². The van der Waals surface area contributed by atoms with Crippen LogP contribution in [0.25, 0.3) is 0 Å². The zero-order valence-corrected chi connectivity index (χ0v) is 7.00. The highest BCUT2D eigenvalue weighted by Crippen LogP contribution is 1.89. The molecular formula is C8H14O3. The van der Waals surface area contributed by atoms with Gasteiger partial charge in [0, 0.05) is 0 Å². The van der Waals surface area contributed by atoms with Gasteiger partial charge in [-0.3, -0.25) is 0 Å². The van der Waals surface area contributed by atoms with Gasteiger partial charge in [-0.1, -0.05) is 13.3 Å². The van der Waals surface area contributed by atoms with E-state index < -0.39 is 0 Å². The monoisotopic (exact) mass is 158 g/mol. The lowest BCUT2D eigenvalue weighted by atomic mass is 10.4. The first kappa shape index (κ1) is 10.0. The van der Waals surface area contributed by atoms with Gasteiger partial charge in [0.15, 0.2) is 0 Å². The first-order chi connectivity index (χ1) is 5.31. The van der Waals surface area contributed by atoms with Crippen LogP contribution in [0.1, 0.15) is 19.8 Å². The molecule has 0 saturated heterocycles. The molecule has 0 aromatic heterocycles. The molecule has 3 nitrogen and oxygen atoms in total. The third-order valence-corrected chi connectivity index (χ3v) is 1.08. The number of carbonyl (C=O) groups excluding carboxylic acids is 1. The summed E-state index contributed by atoms with van der Waals surface area (Å²) < 4.78 is 9.32. The predicted octanol–water partition coefficient (Wildman–Crippen LogP) is 1.49. The molecule has 0 aliphatic carbocycles. The van der Waals surface area contributed by atoms with Gasteiger partial charge in [0.25, 0.3) is 0 Å². The summed E-state index contributed by atoms with van der Waals surface area (Å²) in [6.07, 6.45) is 4.50. The van der Waals surface area contributed by atoms with Gasteiger partial charge in [-0.25, -0.2) is 4.79 Å². The number of hydrogen-bond donors (Lipinski definition) is 0. The molecule has 0 saturated carbocycles. The zero-order valence-electron chi connectivity index (χ0n) is 7.00. The molecule has 0 heterocycles. The van der Waals surface area contributed by atoms with Crippen LogP contribution in [0.4, 0.5) is 0 Å². The smallest absolute Gasteiger partial charge is 0.333 e. The van der Waals surface area contributed by atoms with Crippen molar-refractivity contribution in [2.45, 2.75) is 19.8 Å². The normalized spacial score (nSPS) is 10.0. The van der Waals surface area contributed by atoms with Crippen LogP contribution in [-0.4, -0.2) is 19.7 Å². The molecule has 0 amide bonds. The van der Waals surface area contributed by atoms with Gasteiger partial charge >= 0.3 is 5.97 Å². The second kappa shape index (κ2) is 7.12. The van der Waals surface area contributed by atoms with Crippen LogP contribution < -0.4 is 0 Å². The van der Waals surface area contributed by atoms with Crippen LogP contribution in [0.3, 0.4) is 0 Å². The Balaban J connectivity index is 3.30. The van der Waals surface area contributed by atoms with E-state index in [0.717, 1.165) is 12.8 Å². The van der Waals surface area contributed by atoms with Gasteiger partial charge in [-0.15, -0.1) is 0 Å². The number of methoxy groups -OCH3 is 1. The highest BCUT2D eigenvalue weighted by molar-refractivity contribution is 5.81. The first-order valence-corrected chi connectivity index (χ1v) is 3.67. The SMILES string of the molecule is CCCCOC(=O)C=COC. The van der Waals surface area contributed by atoms with Crippen LogP contribution in [0.5, 0.6) is 0 Å². The fraction of sp³-hybridized carbons (Fsp3) is 0.625. The van der Waals surface area contributed by atoms with Gasteiger partial charge < -0.3 is 9.47 Å². The molecule has 64 valence electrons. The number of unbranched alkanes of at least 4 members (excludes halogenated alkanes) is 1. The minimum absolute atomic E-state index is 0.347. The molecule has 0 rings (SSSR count). The Morgan fingerprint density at radius 1 is 1.55 bits per heavy atom. The minimum atomic E-state index is -0.347. The van der Waals surface area contributed by atoms with Crippen molar-refractivity contribution in [3.8, 4) is 0 Å². The molecule has 0 radical (unpaired) electrons. The Morgan fingerprint density at radius 3 is 2.82 bits per heavy atom. The zero-order chi connectivity index (χ0) is 8.53. The Bertz CT molecular complexity index is 129. The molecular weight excluding hydrogens is 144 g/mol. The second-order valence-corrected chi connectivity index (χ2v) is 2.06. The summed E-state index contributed by atoms with van der Waals surface area (Å²) in [6, 6.07) is 0. The topological polar surface area (TPSA) is 35.5 Å². The Hall–Kier alpha value is -0.990. The van der Waals surface area contributed by atoms with Crippen molar-refractivity contribution in [2.24, 2.45) is 0 Å². The maximum atomic E-state index is 10.7. The molecule has 0 aliphatic rings. The molecule has 0 unspecified atom stereocenters. The summed E-state index contributed by atoms with van der Waals surface area (Å²) in [5.74, 6) is -0.347. The van der Waals surface area contributed by atoms with Crippen molar-refractivity contribution >= 4 is 5.97 Å². The van der Waals surface area contributed by atoms with Crippen molar-refractivity contribution in [3.63, 3.8) is 0 Å². The van der Waals surface area contributed by atoms with E-state index in [9.17, 15) is 4.79 Å². The van der Waals surface area contributed by atoms with Crippen LogP contribution in [0.2, 0.25) is 0 Å². The molecule has 0 atom stereocenters. The maximum Gasteiger partial charge on any atom is 0.333 e. The van der Waals surface area contributed by atoms with Crippen molar-refractivity contribution in [1.82, 2.24) is 0 Å².